The van der Waals surface area contributed by atoms with E-state index in [1.165, 1.54) is 0 Å². The molecule has 1 aliphatic heterocycles. The fourth-order valence-electron chi connectivity index (χ4n) is 3.72. The van der Waals surface area contributed by atoms with Crippen LogP contribution in [0.5, 0.6) is 0 Å². The quantitative estimate of drug-likeness (QED) is 0.579. The van der Waals surface area contributed by atoms with E-state index >= 15 is 0 Å². The summed E-state index contributed by atoms with van der Waals surface area (Å²) >= 11 is 0. The molecule has 1 fully saturated rings. The molecule has 0 saturated carbocycles. The van der Waals surface area contributed by atoms with Gasteiger partial charge in [-0.25, -0.2) is 4.39 Å². The second-order valence-electron chi connectivity index (χ2n) is 7.60. The molecule has 0 bridgehead atoms. The number of ether oxygens (including phenoxy) is 1. The molecule has 1 N–H and O–H groups in total. The minimum atomic E-state index is -4.63. The second-order valence-corrected chi connectivity index (χ2v) is 7.60. The van der Waals surface area contributed by atoms with Crippen LogP contribution in [-0.4, -0.2) is 36.5 Å². The Morgan fingerprint density at radius 2 is 1.77 bits per heavy atom. The Hall–Kier alpha value is -2.94. The highest BCUT2D eigenvalue weighted by molar-refractivity contribution is 5.95. The molecule has 2 heterocycles. The predicted molar refractivity (Wildman–Crippen MR) is 111 cm³/mol. The molecule has 0 radical (unpaired) electrons. The lowest BCUT2D eigenvalue weighted by Gasteiger charge is -2.29. The van der Waals surface area contributed by atoms with Crippen LogP contribution in [0.3, 0.4) is 0 Å². The molecule has 1 aliphatic rings. The number of aryl methyl sites for hydroxylation is 1. The van der Waals surface area contributed by atoms with Gasteiger partial charge in [-0.1, -0.05) is 6.07 Å². The number of morpholine rings is 1. The lowest BCUT2D eigenvalue weighted by molar-refractivity contribution is -0.137. The van der Waals surface area contributed by atoms with Gasteiger partial charge in [0.1, 0.15) is 5.82 Å². The van der Waals surface area contributed by atoms with Gasteiger partial charge in [0.05, 0.1) is 30.5 Å². The van der Waals surface area contributed by atoms with E-state index in [-0.39, 0.29) is 5.56 Å². The summed E-state index contributed by atoms with van der Waals surface area (Å²) in [7, 11) is 0. The van der Waals surface area contributed by atoms with Crippen LogP contribution in [-0.2, 0) is 10.9 Å². The van der Waals surface area contributed by atoms with E-state index in [0.29, 0.717) is 25.1 Å². The maximum Gasteiger partial charge on any atom is 0.416 e. The fourth-order valence-corrected chi connectivity index (χ4v) is 3.72. The van der Waals surface area contributed by atoms with Crippen LogP contribution in [0.2, 0.25) is 0 Å². The smallest absolute Gasteiger partial charge is 0.378 e. The Labute approximate surface area is 177 Å². The highest BCUT2D eigenvalue weighted by Gasteiger charge is 2.31. The molecule has 1 saturated heterocycles. The Balaban J connectivity index is 1.69. The van der Waals surface area contributed by atoms with Crippen molar-refractivity contribution in [1.82, 2.24) is 10.2 Å². The highest BCUT2D eigenvalue weighted by Crippen LogP contribution is 2.34. The van der Waals surface area contributed by atoms with Crippen LogP contribution in [0.15, 0.2) is 36.4 Å². The summed E-state index contributed by atoms with van der Waals surface area (Å²) in [4.78, 5) is 2.20. The Bertz CT molecular complexity index is 1100. The molecular weight excluding hydrogens is 412 g/mol. The maximum absolute atomic E-state index is 13.9. The number of hydrogen-bond donors (Lipinski definition) is 1. The fraction of sp³-hybridized carbons (Fsp3) is 0.364. The van der Waals surface area contributed by atoms with Crippen molar-refractivity contribution in [3.63, 3.8) is 0 Å². The summed E-state index contributed by atoms with van der Waals surface area (Å²) < 4.78 is 58.5. The van der Waals surface area contributed by atoms with E-state index in [1.54, 1.807) is 6.92 Å². The number of rotatable bonds is 4. The number of alkyl halides is 3. The molecule has 5 nitrogen and oxygen atoms in total. The molecule has 1 aromatic heterocycles. The third-order valence-electron chi connectivity index (χ3n) is 5.42. The molecule has 164 valence electrons. The van der Waals surface area contributed by atoms with E-state index in [9.17, 15) is 17.6 Å². The normalized spacial score (nSPS) is 15.9. The van der Waals surface area contributed by atoms with Gasteiger partial charge in [0, 0.05) is 29.5 Å². The minimum Gasteiger partial charge on any atom is -0.378 e. The third kappa shape index (κ3) is 4.56. The van der Waals surface area contributed by atoms with E-state index in [1.807, 2.05) is 25.1 Å². The van der Waals surface area contributed by atoms with Crippen molar-refractivity contribution in [1.29, 1.82) is 0 Å². The first-order chi connectivity index (χ1) is 14.7. The molecule has 0 aliphatic carbocycles. The molecule has 0 spiro atoms. The summed E-state index contributed by atoms with van der Waals surface area (Å²) in [5.41, 5.74) is 0.897. The molecule has 31 heavy (non-hydrogen) atoms. The first-order valence-corrected chi connectivity index (χ1v) is 9.96. The Morgan fingerprint density at radius 1 is 1.03 bits per heavy atom. The average molecular weight is 434 g/mol. The van der Waals surface area contributed by atoms with Gasteiger partial charge in [0.25, 0.3) is 0 Å². The minimum absolute atomic E-state index is 0.173. The lowest BCUT2D eigenvalue weighted by Crippen LogP contribution is -2.36. The van der Waals surface area contributed by atoms with Crippen molar-refractivity contribution in [3.05, 3.63) is 59.0 Å². The molecule has 3 aromatic rings. The monoisotopic (exact) mass is 434 g/mol. The van der Waals surface area contributed by atoms with Crippen molar-refractivity contribution < 1.29 is 22.3 Å². The number of nitrogens with zero attached hydrogens (tertiary/aromatic N) is 3. The molecule has 1 unspecified atom stereocenters. The zero-order valence-corrected chi connectivity index (χ0v) is 17.1. The van der Waals surface area contributed by atoms with E-state index in [2.05, 4.69) is 20.4 Å². The van der Waals surface area contributed by atoms with Gasteiger partial charge in [0.2, 0.25) is 0 Å². The average Bonchev–Trinajstić information content (AvgIpc) is 2.75. The maximum atomic E-state index is 13.9. The second kappa shape index (κ2) is 8.30. The number of nitrogens with one attached hydrogen (secondary N) is 1. The van der Waals surface area contributed by atoms with Crippen LogP contribution in [0.1, 0.15) is 29.8 Å². The van der Waals surface area contributed by atoms with E-state index in [4.69, 9.17) is 4.74 Å². The Morgan fingerprint density at radius 3 is 2.48 bits per heavy atom. The van der Waals surface area contributed by atoms with Gasteiger partial charge in [-0.2, -0.15) is 18.3 Å². The third-order valence-corrected chi connectivity index (χ3v) is 5.42. The Kier molecular flexibility index (Phi) is 5.70. The van der Waals surface area contributed by atoms with Crippen LogP contribution in [0.4, 0.5) is 29.1 Å². The van der Waals surface area contributed by atoms with E-state index < -0.39 is 23.6 Å². The van der Waals surface area contributed by atoms with Crippen molar-refractivity contribution >= 4 is 22.3 Å². The van der Waals surface area contributed by atoms with Crippen molar-refractivity contribution in [2.45, 2.75) is 26.1 Å². The molecule has 4 rings (SSSR count). The number of halogens is 4. The summed E-state index contributed by atoms with van der Waals surface area (Å²) in [6.45, 7) is 6.34. The van der Waals surface area contributed by atoms with E-state index in [0.717, 1.165) is 47.4 Å². The van der Waals surface area contributed by atoms with Crippen LogP contribution >= 0.6 is 0 Å². The van der Waals surface area contributed by atoms with Crippen molar-refractivity contribution in [2.24, 2.45) is 0 Å². The van der Waals surface area contributed by atoms with Gasteiger partial charge < -0.3 is 15.0 Å². The molecule has 1 atom stereocenters. The molecule has 2 aromatic carbocycles. The van der Waals surface area contributed by atoms with Crippen molar-refractivity contribution in [2.75, 3.05) is 36.5 Å². The SMILES string of the molecule is Cc1nnc(NC(C)c2cc(F)cc(C(F)(F)F)c2)c2cc(N3CCOCC3)ccc12. The first-order valence-electron chi connectivity index (χ1n) is 9.96. The summed E-state index contributed by atoms with van der Waals surface area (Å²) in [6, 6.07) is 7.88. The summed E-state index contributed by atoms with van der Waals surface area (Å²) in [5.74, 6) is -0.506. The number of benzene rings is 2. The molecular formula is C22H22F4N4O. The summed E-state index contributed by atoms with van der Waals surface area (Å²) in [6.07, 6.45) is -4.63. The zero-order chi connectivity index (χ0) is 22.2. The lowest BCUT2D eigenvalue weighted by atomic mass is 10.0. The standard InChI is InChI=1S/C22H22F4N4O/c1-13(15-9-16(22(24,25)26)11-17(23)10-15)27-21-20-12-18(30-5-7-31-8-6-30)3-4-19(20)14(2)28-29-21/h3-4,9-13H,5-8H2,1-2H3,(H,27,29). The molecule has 9 heteroatoms. The van der Waals surface area contributed by atoms with Gasteiger partial charge in [-0.05, 0) is 49.7 Å². The van der Waals surface area contributed by atoms with Crippen molar-refractivity contribution in [3.8, 4) is 0 Å². The number of aromatic nitrogens is 2. The van der Waals surface area contributed by atoms with Crippen LogP contribution < -0.4 is 10.2 Å². The van der Waals surface area contributed by atoms with Gasteiger partial charge in [-0.3, -0.25) is 0 Å². The molecule has 0 amide bonds. The number of fused-ring (bicyclic) bond motifs is 1. The highest BCUT2D eigenvalue weighted by atomic mass is 19.4. The topological polar surface area (TPSA) is 50.3 Å². The number of hydrogen-bond acceptors (Lipinski definition) is 5. The van der Waals surface area contributed by atoms with Gasteiger partial charge >= 0.3 is 6.18 Å². The van der Waals surface area contributed by atoms with Gasteiger partial charge in [-0.15, -0.1) is 5.10 Å². The predicted octanol–water partition coefficient (Wildman–Crippen LogP) is 5.11. The number of anilines is 2. The first kappa shape index (κ1) is 21.3. The summed E-state index contributed by atoms with van der Waals surface area (Å²) in [5, 5.41) is 13.2. The van der Waals surface area contributed by atoms with Crippen LogP contribution in [0.25, 0.3) is 10.8 Å². The van der Waals surface area contributed by atoms with Crippen LogP contribution in [0, 0.1) is 12.7 Å². The largest absolute Gasteiger partial charge is 0.416 e. The zero-order valence-electron chi connectivity index (χ0n) is 17.1. The van der Waals surface area contributed by atoms with Gasteiger partial charge in [0.15, 0.2) is 5.82 Å².